The van der Waals surface area contributed by atoms with Crippen molar-refractivity contribution in [3.63, 3.8) is 0 Å². The topological polar surface area (TPSA) is 72.6 Å². The number of rotatable bonds is 5. The van der Waals surface area contributed by atoms with E-state index in [2.05, 4.69) is 15.2 Å². The lowest BCUT2D eigenvalue weighted by atomic mass is 10.1. The maximum atomic E-state index is 13.1. The highest BCUT2D eigenvalue weighted by Crippen LogP contribution is 2.36. The Hall–Kier alpha value is -3.20. The van der Waals surface area contributed by atoms with Crippen LogP contribution in [0.2, 0.25) is 0 Å². The molecule has 1 aromatic heterocycles. The van der Waals surface area contributed by atoms with Crippen molar-refractivity contribution in [2.45, 2.75) is 12.7 Å². The van der Waals surface area contributed by atoms with Crippen molar-refractivity contribution >= 4 is 28.0 Å². The van der Waals surface area contributed by atoms with Crippen molar-refractivity contribution in [3.8, 4) is 5.75 Å². The Kier molecular flexibility index (Phi) is 5.77. The van der Waals surface area contributed by atoms with Crippen molar-refractivity contribution in [1.29, 1.82) is 0 Å². The minimum absolute atomic E-state index is 0.0746. The molecule has 164 valence electrons. The molecule has 0 saturated carbocycles. The van der Waals surface area contributed by atoms with Crippen molar-refractivity contribution in [2.75, 3.05) is 49.4 Å². The standard InChI is InChI=1S/C22H23F3N4O2/c1-30-21-12-19-17(11-20(21)29-4-6-31-7-5-29)18(2-3-27-19)28-13-14-8-15(22(23,24)25)10-16(26)9-14/h2-3,8-12H,4-7,13,26H2,1H3,(H,27,28). The third-order valence-electron chi connectivity index (χ3n) is 5.22. The van der Waals surface area contributed by atoms with Crippen molar-refractivity contribution in [3.05, 3.63) is 53.7 Å². The molecule has 0 atom stereocenters. The summed E-state index contributed by atoms with van der Waals surface area (Å²) >= 11 is 0. The Balaban J connectivity index is 1.66. The van der Waals surface area contributed by atoms with Gasteiger partial charge >= 0.3 is 6.18 Å². The number of nitrogens with one attached hydrogen (secondary N) is 1. The molecule has 4 rings (SSSR count). The normalized spacial score (nSPS) is 14.6. The maximum Gasteiger partial charge on any atom is 0.416 e. The lowest BCUT2D eigenvalue weighted by Gasteiger charge is -2.30. The van der Waals surface area contributed by atoms with E-state index in [-0.39, 0.29) is 12.2 Å². The number of alkyl halides is 3. The van der Waals surface area contributed by atoms with Gasteiger partial charge in [0.1, 0.15) is 5.75 Å². The zero-order valence-corrected chi connectivity index (χ0v) is 17.0. The number of pyridine rings is 1. The first-order valence-corrected chi connectivity index (χ1v) is 9.85. The number of morpholine rings is 1. The number of nitrogens with two attached hydrogens (primary N) is 1. The van der Waals surface area contributed by atoms with E-state index in [0.717, 1.165) is 47.5 Å². The Morgan fingerprint density at radius 1 is 1.16 bits per heavy atom. The zero-order chi connectivity index (χ0) is 22.0. The summed E-state index contributed by atoms with van der Waals surface area (Å²) in [4.78, 5) is 6.61. The summed E-state index contributed by atoms with van der Waals surface area (Å²) in [6.07, 6.45) is -2.80. The van der Waals surface area contributed by atoms with E-state index in [9.17, 15) is 13.2 Å². The third kappa shape index (κ3) is 4.61. The number of hydrogen-bond acceptors (Lipinski definition) is 6. The van der Waals surface area contributed by atoms with Crippen molar-refractivity contribution < 1.29 is 22.6 Å². The highest BCUT2D eigenvalue weighted by Gasteiger charge is 2.31. The van der Waals surface area contributed by atoms with E-state index in [1.54, 1.807) is 19.4 Å². The molecular weight excluding hydrogens is 409 g/mol. The smallest absolute Gasteiger partial charge is 0.416 e. The number of nitrogens with zero attached hydrogens (tertiary/aromatic N) is 2. The second kappa shape index (κ2) is 8.50. The van der Waals surface area contributed by atoms with E-state index in [0.29, 0.717) is 24.5 Å². The van der Waals surface area contributed by atoms with Gasteiger partial charge in [0.25, 0.3) is 0 Å². The SMILES string of the molecule is COc1cc2nccc(NCc3cc(N)cc(C(F)(F)F)c3)c2cc1N1CCOCC1. The first-order chi connectivity index (χ1) is 14.8. The monoisotopic (exact) mass is 432 g/mol. The largest absolute Gasteiger partial charge is 0.495 e. The molecule has 0 radical (unpaired) electrons. The Labute approximate surface area is 177 Å². The molecule has 1 saturated heterocycles. The minimum Gasteiger partial charge on any atom is -0.495 e. The number of hydrogen-bond donors (Lipinski definition) is 2. The van der Waals surface area contributed by atoms with Crippen LogP contribution in [0.5, 0.6) is 5.75 Å². The van der Waals surface area contributed by atoms with E-state index < -0.39 is 11.7 Å². The Morgan fingerprint density at radius 2 is 1.94 bits per heavy atom. The van der Waals surface area contributed by atoms with Gasteiger partial charge in [0.05, 0.1) is 37.1 Å². The van der Waals surface area contributed by atoms with Crippen LogP contribution in [-0.4, -0.2) is 38.4 Å². The van der Waals surface area contributed by atoms with Crippen LogP contribution in [0.1, 0.15) is 11.1 Å². The molecule has 6 nitrogen and oxygen atoms in total. The third-order valence-corrected chi connectivity index (χ3v) is 5.22. The Morgan fingerprint density at radius 3 is 2.65 bits per heavy atom. The van der Waals surface area contributed by atoms with Gasteiger partial charge < -0.3 is 25.4 Å². The van der Waals surface area contributed by atoms with Gasteiger partial charge in [0.2, 0.25) is 0 Å². The van der Waals surface area contributed by atoms with E-state index in [1.807, 2.05) is 12.1 Å². The van der Waals surface area contributed by atoms with Crippen LogP contribution >= 0.6 is 0 Å². The van der Waals surface area contributed by atoms with Crippen LogP contribution in [-0.2, 0) is 17.5 Å². The average Bonchev–Trinajstić information content (AvgIpc) is 2.76. The summed E-state index contributed by atoms with van der Waals surface area (Å²) in [7, 11) is 1.62. The van der Waals surface area contributed by atoms with Crippen LogP contribution in [0.25, 0.3) is 10.9 Å². The van der Waals surface area contributed by atoms with Gasteiger partial charge in [-0.25, -0.2) is 0 Å². The number of aromatic nitrogens is 1. The summed E-state index contributed by atoms with van der Waals surface area (Å²) < 4.78 is 50.3. The molecule has 0 bridgehead atoms. The molecule has 0 unspecified atom stereocenters. The average molecular weight is 432 g/mol. The predicted octanol–water partition coefficient (Wildman–Crippen LogP) is 4.29. The second-order valence-electron chi connectivity index (χ2n) is 7.31. The van der Waals surface area contributed by atoms with Gasteiger partial charge in [0, 0.05) is 48.7 Å². The summed E-state index contributed by atoms with van der Waals surface area (Å²) in [6.45, 7) is 2.95. The molecule has 0 amide bonds. The molecule has 1 aliphatic rings. The molecule has 2 aromatic carbocycles. The molecular formula is C22H23F3N4O2. The number of benzene rings is 2. The van der Waals surface area contributed by atoms with Gasteiger partial charge in [-0.15, -0.1) is 0 Å². The lowest BCUT2D eigenvalue weighted by Crippen LogP contribution is -2.36. The fourth-order valence-electron chi connectivity index (χ4n) is 3.71. The number of anilines is 3. The van der Waals surface area contributed by atoms with Crippen LogP contribution in [0, 0.1) is 0 Å². The lowest BCUT2D eigenvalue weighted by molar-refractivity contribution is -0.137. The fourth-order valence-corrected chi connectivity index (χ4v) is 3.71. The molecule has 1 aliphatic heterocycles. The van der Waals surface area contributed by atoms with Crippen molar-refractivity contribution in [1.82, 2.24) is 4.98 Å². The molecule has 9 heteroatoms. The zero-order valence-electron chi connectivity index (χ0n) is 17.0. The van der Waals surface area contributed by atoms with Crippen LogP contribution in [0.15, 0.2) is 42.6 Å². The number of methoxy groups -OCH3 is 1. The first-order valence-electron chi connectivity index (χ1n) is 9.85. The second-order valence-corrected chi connectivity index (χ2v) is 7.31. The van der Waals surface area contributed by atoms with Gasteiger partial charge in [-0.3, -0.25) is 4.98 Å². The molecule has 2 heterocycles. The predicted molar refractivity (Wildman–Crippen MR) is 115 cm³/mol. The van der Waals surface area contributed by atoms with Gasteiger partial charge in [-0.05, 0) is 35.9 Å². The molecule has 3 aromatic rings. The van der Waals surface area contributed by atoms with Gasteiger partial charge in [-0.1, -0.05) is 0 Å². The first kappa shape index (κ1) is 21.0. The van der Waals surface area contributed by atoms with Crippen LogP contribution in [0.3, 0.4) is 0 Å². The van der Waals surface area contributed by atoms with Crippen LogP contribution in [0.4, 0.5) is 30.2 Å². The van der Waals surface area contributed by atoms with Gasteiger partial charge in [-0.2, -0.15) is 13.2 Å². The highest BCUT2D eigenvalue weighted by molar-refractivity contribution is 5.95. The quantitative estimate of drug-likeness (QED) is 0.586. The van der Waals surface area contributed by atoms with Crippen LogP contribution < -0.4 is 20.7 Å². The number of ether oxygens (including phenoxy) is 2. The molecule has 1 fully saturated rings. The Bertz CT molecular complexity index is 1080. The van der Waals surface area contributed by atoms with E-state index in [1.165, 1.54) is 6.07 Å². The van der Waals surface area contributed by atoms with E-state index >= 15 is 0 Å². The number of nitrogen functional groups attached to an aromatic ring is 1. The number of fused-ring (bicyclic) bond motifs is 1. The fraction of sp³-hybridized carbons (Fsp3) is 0.318. The molecule has 31 heavy (non-hydrogen) atoms. The highest BCUT2D eigenvalue weighted by atomic mass is 19.4. The minimum atomic E-state index is -4.45. The summed E-state index contributed by atoms with van der Waals surface area (Å²) in [5.41, 5.74) is 7.86. The molecule has 0 aliphatic carbocycles. The maximum absolute atomic E-state index is 13.1. The van der Waals surface area contributed by atoms with Crippen molar-refractivity contribution in [2.24, 2.45) is 0 Å². The molecule has 3 N–H and O–H groups in total. The summed E-state index contributed by atoms with van der Waals surface area (Å²) in [6, 6.07) is 9.24. The van der Waals surface area contributed by atoms with Gasteiger partial charge in [0.15, 0.2) is 0 Å². The summed E-state index contributed by atoms with van der Waals surface area (Å²) in [5, 5.41) is 4.08. The number of halogens is 3. The molecule has 0 spiro atoms. The van der Waals surface area contributed by atoms with E-state index in [4.69, 9.17) is 15.2 Å². The summed E-state index contributed by atoms with van der Waals surface area (Å²) in [5.74, 6) is 0.713.